The van der Waals surface area contributed by atoms with Gasteiger partial charge in [0.25, 0.3) is 0 Å². The van der Waals surface area contributed by atoms with Gasteiger partial charge in [0.2, 0.25) is 0 Å². The van der Waals surface area contributed by atoms with E-state index in [1.54, 1.807) is 0 Å². The number of nitrogens with two attached hydrogens (primary N) is 1. The number of thiazole rings is 1. The van der Waals surface area contributed by atoms with Gasteiger partial charge in [-0.3, -0.25) is 0 Å². The first-order chi connectivity index (χ1) is 7.89. The second kappa shape index (κ2) is 4.64. The first kappa shape index (κ1) is 12.9. The Kier molecular flexibility index (Phi) is 3.53. The Balaban J connectivity index is 2.17. The maximum absolute atomic E-state index is 11.2. The molecule has 2 heterocycles. The highest BCUT2D eigenvalue weighted by molar-refractivity contribution is 7.90. The molecular formula is C10H16N2O3S2. The van der Waals surface area contributed by atoms with E-state index in [2.05, 4.69) is 4.98 Å². The average Bonchev–Trinajstić information content (AvgIpc) is 2.65. The molecule has 2 N–H and O–H groups in total. The van der Waals surface area contributed by atoms with Crippen LogP contribution in [0.25, 0.3) is 0 Å². The SMILES string of the molecule is CS(=O)(=O)Cc1nc(C2(N)CCOCC2)cs1. The molecule has 0 saturated carbocycles. The van der Waals surface area contributed by atoms with Crippen molar-refractivity contribution in [3.8, 4) is 0 Å². The molecule has 0 unspecified atom stereocenters. The Labute approximate surface area is 105 Å². The van der Waals surface area contributed by atoms with Gasteiger partial charge < -0.3 is 10.5 Å². The average molecular weight is 276 g/mol. The van der Waals surface area contributed by atoms with Gasteiger partial charge in [-0.05, 0) is 12.8 Å². The van der Waals surface area contributed by atoms with E-state index in [-0.39, 0.29) is 5.75 Å². The van der Waals surface area contributed by atoms with Gasteiger partial charge in [-0.2, -0.15) is 0 Å². The molecule has 0 spiro atoms. The summed E-state index contributed by atoms with van der Waals surface area (Å²) in [5.41, 5.74) is 6.61. The van der Waals surface area contributed by atoms with Crippen LogP contribution in [-0.2, 0) is 25.9 Å². The molecule has 17 heavy (non-hydrogen) atoms. The number of rotatable bonds is 3. The van der Waals surface area contributed by atoms with Crippen LogP contribution in [0, 0.1) is 0 Å². The summed E-state index contributed by atoms with van der Waals surface area (Å²) < 4.78 is 27.6. The van der Waals surface area contributed by atoms with Crippen LogP contribution in [0.5, 0.6) is 0 Å². The van der Waals surface area contributed by atoms with E-state index in [4.69, 9.17) is 10.5 Å². The molecule has 5 nitrogen and oxygen atoms in total. The van der Waals surface area contributed by atoms with Gasteiger partial charge in [-0.25, -0.2) is 13.4 Å². The van der Waals surface area contributed by atoms with Gasteiger partial charge in [-0.1, -0.05) is 0 Å². The summed E-state index contributed by atoms with van der Waals surface area (Å²) >= 11 is 1.36. The van der Waals surface area contributed by atoms with Crippen molar-refractivity contribution in [2.45, 2.75) is 24.1 Å². The molecule has 1 aliphatic heterocycles. The summed E-state index contributed by atoms with van der Waals surface area (Å²) in [5.74, 6) is -0.00968. The molecule has 0 radical (unpaired) electrons. The van der Waals surface area contributed by atoms with Crippen LogP contribution in [0.1, 0.15) is 23.5 Å². The Hall–Kier alpha value is -0.500. The highest BCUT2D eigenvalue weighted by Gasteiger charge is 2.32. The lowest BCUT2D eigenvalue weighted by atomic mass is 9.88. The first-order valence-corrected chi connectivity index (χ1v) is 8.32. The third kappa shape index (κ3) is 3.25. The third-order valence-electron chi connectivity index (χ3n) is 2.83. The molecular weight excluding hydrogens is 260 g/mol. The molecule has 7 heteroatoms. The highest BCUT2D eigenvalue weighted by Crippen LogP contribution is 2.30. The summed E-state index contributed by atoms with van der Waals surface area (Å²) in [5, 5.41) is 2.48. The monoisotopic (exact) mass is 276 g/mol. The van der Waals surface area contributed by atoms with Crippen molar-refractivity contribution < 1.29 is 13.2 Å². The lowest BCUT2D eigenvalue weighted by molar-refractivity contribution is 0.0509. The van der Waals surface area contributed by atoms with Gasteiger partial charge in [0, 0.05) is 24.8 Å². The fourth-order valence-corrected chi connectivity index (χ4v) is 3.94. The van der Waals surface area contributed by atoms with E-state index < -0.39 is 15.4 Å². The zero-order valence-electron chi connectivity index (χ0n) is 9.68. The van der Waals surface area contributed by atoms with Gasteiger partial charge in [0.05, 0.1) is 11.2 Å². The fraction of sp³-hybridized carbons (Fsp3) is 0.700. The topological polar surface area (TPSA) is 82.3 Å². The smallest absolute Gasteiger partial charge is 0.153 e. The molecule has 0 atom stereocenters. The van der Waals surface area contributed by atoms with Crippen LogP contribution in [0.3, 0.4) is 0 Å². The fourth-order valence-electron chi connectivity index (χ4n) is 1.82. The minimum absolute atomic E-state index is 0.00968. The zero-order valence-corrected chi connectivity index (χ0v) is 11.3. The minimum Gasteiger partial charge on any atom is -0.381 e. The van der Waals surface area contributed by atoms with E-state index >= 15 is 0 Å². The predicted molar refractivity (Wildman–Crippen MR) is 66.6 cm³/mol. The van der Waals surface area contributed by atoms with Crippen LogP contribution in [0.2, 0.25) is 0 Å². The number of ether oxygens (including phenoxy) is 1. The van der Waals surface area contributed by atoms with Crippen molar-refractivity contribution in [1.29, 1.82) is 0 Å². The van der Waals surface area contributed by atoms with Gasteiger partial charge in [0.15, 0.2) is 9.84 Å². The molecule has 0 bridgehead atoms. The van der Waals surface area contributed by atoms with E-state index in [1.807, 2.05) is 5.38 Å². The second-order valence-electron chi connectivity index (χ2n) is 4.47. The maximum Gasteiger partial charge on any atom is 0.153 e. The Morgan fingerprint density at radius 3 is 2.76 bits per heavy atom. The molecule has 0 aromatic carbocycles. The van der Waals surface area contributed by atoms with Crippen LogP contribution in [-0.4, -0.2) is 32.9 Å². The van der Waals surface area contributed by atoms with Crippen molar-refractivity contribution in [3.05, 3.63) is 16.1 Å². The van der Waals surface area contributed by atoms with E-state index in [0.717, 1.165) is 18.5 Å². The first-order valence-electron chi connectivity index (χ1n) is 5.38. The molecule has 1 aliphatic rings. The third-order valence-corrected chi connectivity index (χ3v) is 4.66. The van der Waals surface area contributed by atoms with Crippen molar-refractivity contribution in [2.24, 2.45) is 5.73 Å². The second-order valence-corrected chi connectivity index (χ2v) is 7.55. The number of hydrogen-bond donors (Lipinski definition) is 1. The Morgan fingerprint density at radius 1 is 1.53 bits per heavy atom. The summed E-state index contributed by atoms with van der Waals surface area (Å²) in [6.45, 7) is 1.27. The van der Waals surface area contributed by atoms with Crippen LogP contribution in [0.4, 0.5) is 0 Å². The minimum atomic E-state index is -3.03. The lowest BCUT2D eigenvalue weighted by Gasteiger charge is -2.31. The quantitative estimate of drug-likeness (QED) is 0.876. The van der Waals surface area contributed by atoms with Gasteiger partial charge >= 0.3 is 0 Å². The Morgan fingerprint density at radius 2 is 2.18 bits per heavy atom. The van der Waals surface area contributed by atoms with Crippen molar-refractivity contribution in [3.63, 3.8) is 0 Å². The van der Waals surface area contributed by atoms with E-state index in [1.165, 1.54) is 17.6 Å². The van der Waals surface area contributed by atoms with Crippen molar-refractivity contribution >= 4 is 21.2 Å². The van der Waals surface area contributed by atoms with Crippen LogP contribution >= 0.6 is 11.3 Å². The molecule has 1 fully saturated rings. The summed E-state index contributed by atoms with van der Waals surface area (Å²) in [7, 11) is -3.03. The highest BCUT2D eigenvalue weighted by atomic mass is 32.2. The lowest BCUT2D eigenvalue weighted by Crippen LogP contribution is -2.42. The van der Waals surface area contributed by atoms with E-state index in [9.17, 15) is 8.42 Å². The van der Waals surface area contributed by atoms with Crippen LogP contribution in [0.15, 0.2) is 5.38 Å². The van der Waals surface area contributed by atoms with Crippen molar-refractivity contribution in [1.82, 2.24) is 4.98 Å². The van der Waals surface area contributed by atoms with Crippen molar-refractivity contribution in [2.75, 3.05) is 19.5 Å². The molecule has 0 aliphatic carbocycles. The molecule has 1 aromatic heterocycles. The molecule has 0 amide bonds. The molecule has 2 rings (SSSR count). The summed E-state index contributed by atoms with van der Waals surface area (Å²) in [4.78, 5) is 4.35. The summed E-state index contributed by atoms with van der Waals surface area (Å²) in [6.07, 6.45) is 2.67. The van der Waals surface area contributed by atoms with Gasteiger partial charge in [-0.15, -0.1) is 11.3 Å². The predicted octanol–water partition coefficient (Wildman–Crippen LogP) is 0.652. The van der Waals surface area contributed by atoms with E-state index in [0.29, 0.717) is 18.2 Å². The zero-order chi connectivity index (χ0) is 12.5. The van der Waals surface area contributed by atoms with Crippen LogP contribution < -0.4 is 5.73 Å². The molecule has 1 saturated heterocycles. The normalized spacial score (nSPS) is 20.4. The standard InChI is InChI=1S/C10H16N2O3S2/c1-17(13,14)7-9-12-8(6-16-9)10(11)2-4-15-5-3-10/h6H,2-5,7,11H2,1H3. The number of nitrogens with zero attached hydrogens (tertiary/aromatic N) is 1. The molecule has 1 aromatic rings. The molecule has 96 valence electrons. The largest absolute Gasteiger partial charge is 0.381 e. The number of hydrogen-bond acceptors (Lipinski definition) is 6. The number of aromatic nitrogens is 1. The summed E-state index contributed by atoms with van der Waals surface area (Å²) in [6, 6.07) is 0. The number of sulfone groups is 1. The maximum atomic E-state index is 11.2. The Bertz CT molecular complexity index is 489. The van der Waals surface area contributed by atoms with Gasteiger partial charge in [0.1, 0.15) is 10.8 Å².